The molecule has 2 nitrogen and oxygen atoms in total. The number of hydrogen-bond acceptors (Lipinski definition) is 2. The third-order valence-electron chi connectivity index (χ3n) is 3.02. The quantitative estimate of drug-likeness (QED) is 0.846. The van der Waals surface area contributed by atoms with Crippen molar-refractivity contribution in [3.8, 4) is 0 Å². The minimum Gasteiger partial charge on any atom is -0.218 e. The van der Waals surface area contributed by atoms with E-state index in [2.05, 4.69) is 0 Å². The van der Waals surface area contributed by atoms with Gasteiger partial charge >= 0.3 is 0 Å². The SMILES string of the molecule is Cc1c(F)cccc1S(=O)(=O)c1cccc(F)c1C. The van der Waals surface area contributed by atoms with Gasteiger partial charge < -0.3 is 0 Å². The molecule has 0 atom stereocenters. The number of rotatable bonds is 2. The molecule has 2 rings (SSSR count). The Morgan fingerprint density at radius 2 is 1.16 bits per heavy atom. The van der Waals surface area contributed by atoms with Gasteiger partial charge in [-0.25, -0.2) is 17.2 Å². The molecule has 0 unspecified atom stereocenters. The Morgan fingerprint density at radius 3 is 1.53 bits per heavy atom. The highest BCUT2D eigenvalue weighted by Gasteiger charge is 2.24. The summed E-state index contributed by atoms with van der Waals surface area (Å²) in [5.74, 6) is -1.20. The summed E-state index contributed by atoms with van der Waals surface area (Å²) in [6, 6.07) is 7.66. The van der Waals surface area contributed by atoms with Crippen LogP contribution < -0.4 is 0 Å². The van der Waals surface area contributed by atoms with E-state index in [1.54, 1.807) is 0 Å². The van der Waals surface area contributed by atoms with Crippen LogP contribution in [-0.2, 0) is 9.84 Å². The average Bonchev–Trinajstić information content (AvgIpc) is 2.35. The van der Waals surface area contributed by atoms with Crippen LogP contribution in [0.2, 0.25) is 0 Å². The van der Waals surface area contributed by atoms with E-state index >= 15 is 0 Å². The maximum Gasteiger partial charge on any atom is 0.207 e. The third-order valence-corrected chi connectivity index (χ3v) is 5.06. The Hall–Kier alpha value is -1.75. The fourth-order valence-electron chi connectivity index (χ4n) is 1.88. The van der Waals surface area contributed by atoms with Crippen molar-refractivity contribution < 1.29 is 17.2 Å². The number of halogens is 2. The Bertz CT molecular complexity index is 680. The molecule has 0 aliphatic rings. The van der Waals surface area contributed by atoms with Gasteiger partial charge in [0.1, 0.15) is 11.6 Å². The predicted molar refractivity (Wildman–Crippen MR) is 67.7 cm³/mol. The molecule has 0 saturated heterocycles. The molecular formula is C14H12F2O2S. The van der Waals surface area contributed by atoms with E-state index < -0.39 is 21.5 Å². The van der Waals surface area contributed by atoms with Crippen LogP contribution in [0.1, 0.15) is 11.1 Å². The van der Waals surface area contributed by atoms with E-state index in [1.807, 2.05) is 0 Å². The van der Waals surface area contributed by atoms with E-state index in [0.29, 0.717) is 0 Å². The zero-order valence-electron chi connectivity index (χ0n) is 10.4. The second kappa shape index (κ2) is 4.74. The first kappa shape index (κ1) is 13.7. The smallest absolute Gasteiger partial charge is 0.207 e. The van der Waals surface area contributed by atoms with Crippen LogP contribution in [0.3, 0.4) is 0 Å². The summed E-state index contributed by atoms with van der Waals surface area (Å²) in [6.45, 7) is 2.77. The number of benzene rings is 2. The molecule has 19 heavy (non-hydrogen) atoms. The summed E-state index contributed by atoms with van der Waals surface area (Å²) < 4.78 is 51.8. The first-order valence-electron chi connectivity index (χ1n) is 5.61. The number of sulfone groups is 1. The van der Waals surface area contributed by atoms with Gasteiger partial charge in [0, 0.05) is 11.1 Å². The second-order valence-electron chi connectivity index (χ2n) is 4.23. The number of hydrogen-bond donors (Lipinski definition) is 0. The van der Waals surface area contributed by atoms with Crippen molar-refractivity contribution in [3.63, 3.8) is 0 Å². The molecule has 0 fully saturated rings. The van der Waals surface area contributed by atoms with Gasteiger partial charge in [0.25, 0.3) is 0 Å². The molecular weight excluding hydrogens is 270 g/mol. The van der Waals surface area contributed by atoms with Crippen molar-refractivity contribution in [2.24, 2.45) is 0 Å². The highest BCUT2D eigenvalue weighted by molar-refractivity contribution is 7.91. The maximum absolute atomic E-state index is 13.5. The molecule has 0 aliphatic carbocycles. The molecule has 0 heterocycles. The van der Waals surface area contributed by atoms with Crippen molar-refractivity contribution in [2.75, 3.05) is 0 Å². The fourth-order valence-corrected chi connectivity index (χ4v) is 3.63. The second-order valence-corrected chi connectivity index (χ2v) is 6.12. The largest absolute Gasteiger partial charge is 0.218 e. The summed E-state index contributed by atoms with van der Waals surface area (Å²) >= 11 is 0. The monoisotopic (exact) mass is 282 g/mol. The molecule has 0 spiro atoms. The lowest BCUT2D eigenvalue weighted by atomic mass is 10.2. The first-order chi connectivity index (χ1) is 8.85. The summed E-state index contributed by atoms with van der Waals surface area (Å²) in [7, 11) is -3.93. The minimum atomic E-state index is -3.93. The summed E-state index contributed by atoms with van der Waals surface area (Å²) in [6.07, 6.45) is 0. The summed E-state index contributed by atoms with van der Waals surface area (Å²) in [4.78, 5) is -0.276. The van der Waals surface area contributed by atoms with E-state index in [0.717, 1.165) is 0 Å². The van der Waals surface area contributed by atoms with Crippen molar-refractivity contribution in [1.29, 1.82) is 0 Å². The molecule has 0 amide bonds. The molecule has 2 aromatic rings. The van der Waals surface area contributed by atoms with Gasteiger partial charge in [-0.1, -0.05) is 12.1 Å². The van der Waals surface area contributed by atoms with E-state index in [4.69, 9.17) is 0 Å². The lowest BCUT2D eigenvalue weighted by Crippen LogP contribution is -2.08. The van der Waals surface area contributed by atoms with Crippen LogP contribution in [0.25, 0.3) is 0 Å². The van der Waals surface area contributed by atoms with Gasteiger partial charge in [-0.3, -0.25) is 0 Å². The molecule has 0 bridgehead atoms. The zero-order chi connectivity index (χ0) is 14.2. The fraction of sp³-hybridized carbons (Fsp3) is 0.143. The highest BCUT2D eigenvalue weighted by atomic mass is 32.2. The summed E-state index contributed by atoms with van der Waals surface area (Å²) in [5, 5.41) is 0. The standard InChI is InChI=1S/C14H12F2O2S/c1-9-11(15)5-3-7-13(9)19(17,18)14-8-4-6-12(16)10(14)2/h3-8H,1-2H3. The molecule has 0 N–H and O–H groups in total. The zero-order valence-corrected chi connectivity index (χ0v) is 11.3. The van der Waals surface area contributed by atoms with Gasteiger partial charge in [0.05, 0.1) is 9.79 Å². The van der Waals surface area contributed by atoms with Crippen LogP contribution in [0.4, 0.5) is 8.78 Å². The van der Waals surface area contributed by atoms with Gasteiger partial charge in [-0.05, 0) is 38.1 Å². The molecule has 0 aromatic heterocycles. The first-order valence-corrected chi connectivity index (χ1v) is 7.09. The average molecular weight is 282 g/mol. The molecule has 0 radical (unpaired) electrons. The normalized spacial score (nSPS) is 11.6. The van der Waals surface area contributed by atoms with Crippen molar-refractivity contribution in [3.05, 3.63) is 59.2 Å². The van der Waals surface area contributed by atoms with Crippen molar-refractivity contribution in [1.82, 2.24) is 0 Å². The Labute approximate surface area is 110 Å². The van der Waals surface area contributed by atoms with Crippen molar-refractivity contribution in [2.45, 2.75) is 23.6 Å². The van der Waals surface area contributed by atoms with Gasteiger partial charge in [-0.2, -0.15) is 0 Å². The molecule has 2 aromatic carbocycles. The minimum absolute atomic E-state index is 0.0335. The van der Waals surface area contributed by atoms with E-state index in [9.17, 15) is 17.2 Å². The van der Waals surface area contributed by atoms with Crippen LogP contribution in [-0.4, -0.2) is 8.42 Å². The van der Waals surface area contributed by atoms with Gasteiger partial charge in [-0.15, -0.1) is 0 Å². The van der Waals surface area contributed by atoms with Gasteiger partial charge in [0.2, 0.25) is 9.84 Å². The lowest BCUT2D eigenvalue weighted by Gasteiger charge is -2.11. The van der Waals surface area contributed by atoms with Crippen LogP contribution in [0.5, 0.6) is 0 Å². The topological polar surface area (TPSA) is 34.1 Å². The van der Waals surface area contributed by atoms with Crippen LogP contribution in [0.15, 0.2) is 46.2 Å². The lowest BCUT2D eigenvalue weighted by molar-refractivity contribution is 0.580. The molecule has 0 saturated carbocycles. The van der Waals surface area contributed by atoms with E-state index in [-0.39, 0.29) is 20.9 Å². The Morgan fingerprint density at radius 1 is 0.789 bits per heavy atom. The highest BCUT2D eigenvalue weighted by Crippen LogP contribution is 2.28. The summed E-state index contributed by atoms with van der Waals surface area (Å²) in [5.41, 5.74) is 0.0670. The predicted octanol–water partition coefficient (Wildman–Crippen LogP) is 3.41. The Balaban J connectivity index is 2.73. The van der Waals surface area contributed by atoms with Gasteiger partial charge in [0.15, 0.2) is 0 Å². The Kier molecular flexibility index (Phi) is 3.41. The van der Waals surface area contributed by atoms with Crippen LogP contribution >= 0.6 is 0 Å². The van der Waals surface area contributed by atoms with E-state index in [1.165, 1.54) is 50.2 Å². The molecule has 5 heteroatoms. The third kappa shape index (κ3) is 2.26. The molecule has 0 aliphatic heterocycles. The maximum atomic E-state index is 13.5. The van der Waals surface area contributed by atoms with Crippen molar-refractivity contribution >= 4 is 9.84 Å². The molecule has 100 valence electrons. The van der Waals surface area contributed by atoms with Crippen LogP contribution in [0, 0.1) is 25.5 Å².